The zero-order valence-corrected chi connectivity index (χ0v) is 9.20. The molecule has 0 aliphatic carbocycles. The lowest BCUT2D eigenvalue weighted by Gasteiger charge is -2.02. The highest BCUT2D eigenvalue weighted by Crippen LogP contribution is 1.94. The van der Waals surface area contributed by atoms with Crippen molar-refractivity contribution in [3.05, 3.63) is 29.8 Å². The molecule has 1 amide bonds. The Morgan fingerprint density at radius 1 is 1.50 bits per heavy atom. The molecule has 0 atom stereocenters. The summed E-state index contributed by atoms with van der Waals surface area (Å²) in [5, 5.41) is 24.5. The third-order valence-electron chi connectivity index (χ3n) is 2.14. The van der Waals surface area contributed by atoms with Crippen molar-refractivity contribution in [1.29, 1.82) is 0 Å². The van der Waals surface area contributed by atoms with Gasteiger partial charge >= 0.3 is 5.97 Å². The van der Waals surface area contributed by atoms with E-state index in [1.807, 2.05) is 0 Å². The van der Waals surface area contributed by atoms with E-state index in [2.05, 4.69) is 25.8 Å². The fraction of sp³-hybridized carbons (Fsp3) is 0.222. The van der Waals surface area contributed by atoms with Crippen LogP contribution < -0.4 is 5.32 Å². The van der Waals surface area contributed by atoms with Gasteiger partial charge in [0, 0.05) is 12.7 Å². The van der Waals surface area contributed by atoms with Gasteiger partial charge in [-0.05, 0) is 0 Å². The third kappa shape index (κ3) is 2.70. The lowest BCUT2D eigenvalue weighted by molar-refractivity contribution is 0.0690. The second-order valence-corrected chi connectivity index (χ2v) is 3.41. The lowest BCUT2D eigenvalue weighted by atomic mass is 10.3. The number of amides is 1. The molecule has 0 saturated heterocycles. The number of nitrogens with zero attached hydrogens (tertiary/aromatic N) is 4. The van der Waals surface area contributed by atoms with E-state index in [1.165, 1.54) is 23.3 Å². The van der Waals surface area contributed by atoms with Crippen LogP contribution in [-0.4, -0.2) is 48.7 Å². The van der Waals surface area contributed by atoms with Gasteiger partial charge in [-0.15, -0.1) is 5.10 Å². The molecule has 0 aromatic carbocycles. The van der Waals surface area contributed by atoms with Gasteiger partial charge in [-0.3, -0.25) is 9.89 Å². The number of carboxylic acids is 1. The molecular weight excluding hydrogens is 240 g/mol. The van der Waals surface area contributed by atoms with Crippen LogP contribution in [0.15, 0.2) is 18.6 Å². The average Bonchev–Trinajstić information content (AvgIpc) is 3.00. The topological polar surface area (TPSA) is 126 Å². The Kier molecular flexibility index (Phi) is 3.32. The Hall–Kier alpha value is -2.71. The second kappa shape index (κ2) is 5.08. The summed E-state index contributed by atoms with van der Waals surface area (Å²) in [6.45, 7) is 0.649. The van der Waals surface area contributed by atoms with E-state index in [0.717, 1.165) is 0 Å². The maximum absolute atomic E-state index is 11.5. The van der Waals surface area contributed by atoms with Crippen LogP contribution in [0.1, 0.15) is 20.8 Å². The number of carbonyl (C=O) groups is 2. The molecule has 0 aliphatic heterocycles. The van der Waals surface area contributed by atoms with Gasteiger partial charge in [0.05, 0.1) is 24.5 Å². The molecule has 0 aliphatic rings. The summed E-state index contributed by atoms with van der Waals surface area (Å²) in [7, 11) is 0. The number of carbonyl (C=O) groups excluding carboxylic acids is 1. The molecule has 2 rings (SSSR count). The Balaban J connectivity index is 1.81. The molecule has 2 aromatic rings. The largest absolute Gasteiger partial charge is 0.476 e. The van der Waals surface area contributed by atoms with Gasteiger partial charge < -0.3 is 10.4 Å². The summed E-state index contributed by atoms with van der Waals surface area (Å²) in [5.41, 5.74) is 0.302. The van der Waals surface area contributed by atoms with Crippen molar-refractivity contribution in [3.63, 3.8) is 0 Å². The van der Waals surface area contributed by atoms with E-state index < -0.39 is 5.97 Å². The lowest BCUT2D eigenvalue weighted by Crippen LogP contribution is -2.27. The molecule has 9 heteroatoms. The summed E-state index contributed by atoms with van der Waals surface area (Å²) < 4.78 is 1.35. The number of H-pyrrole nitrogens is 1. The van der Waals surface area contributed by atoms with Crippen molar-refractivity contribution in [2.45, 2.75) is 6.54 Å². The number of nitrogens with one attached hydrogen (secondary N) is 2. The Labute approximate surface area is 101 Å². The summed E-state index contributed by atoms with van der Waals surface area (Å²) in [4.78, 5) is 22.1. The van der Waals surface area contributed by atoms with Gasteiger partial charge in [0.15, 0.2) is 5.69 Å². The van der Waals surface area contributed by atoms with Crippen LogP contribution in [0.2, 0.25) is 0 Å². The van der Waals surface area contributed by atoms with Crippen LogP contribution in [0.3, 0.4) is 0 Å². The summed E-state index contributed by atoms with van der Waals surface area (Å²) in [6.07, 6.45) is 4.19. The van der Waals surface area contributed by atoms with E-state index in [1.54, 1.807) is 0 Å². The number of hydrogen-bond acceptors (Lipinski definition) is 5. The molecule has 3 N–H and O–H groups in total. The average molecular weight is 250 g/mol. The van der Waals surface area contributed by atoms with E-state index in [0.29, 0.717) is 18.7 Å². The standard InChI is InChI=1S/C9H10N6O3/c16-8(6-3-11-12-4-6)10-1-2-15-5-7(9(17)18)13-14-15/h3-5H,1-2H2,(H,10,16)(H,11,12)(H,17,18). The highest BCUT2D eigenvalue weighted by molar-refractivity contribution is 5.93. The predicted molar refractivity (Wildman–Crippen MR) is 57.9 cm³/mol. The van der Waals surface area contributed by atoms with Crippen LogP contribution in [0, 0.1) is 0 Å². The van der Waals surface area contributed by atoms with E-state index in [-0.39, 0.29) is 11.6 Å². The Bertz CT molecular complexity index is 546. The summed E-state index contributed by atoms with van der Waals surface area (Å²) >= 11 is 0. The maximum atomic E-state index is 11.5. The fourth-order valence-corrected chi connectivity index (χ4v) is 1.27. The van der Waals surface area contributed by atoms with Crippen molar-refractivity contribution >= 4 is 11.9 Å². The minimum absolute atomic E-state index is 0.129. The molecule has 0 bridgehead atoms. The maximum Gasteiger partial charge on any atom is 0.358 e. The highest BCUT2D eigenvalue weighted by atomic mass is 16.4. The number of aromatic carboxylic acids is 1. The van der Waals surface area contributed by atoms with Gasteiger partial charge in [0.1, 0.15) is 0 Å². The smallest absolute Gasteiger partial charge is 0.358 e. The van der Waals surface area contributed by atoms with Crippen LogP contribution in [0.5, 0.6) is 0 Å². The van der Waals surface area contributed by atoms with Gasteiger partial charge in [0.2, 0.25) is 0 Å². The molecule has 0 radical (unpaired) electrons. The molecule has 0 fully saturated rings. The highest BCUT2D eigenvalue weighted by Gasteiger charge is 2.09. The number of rotatable bonds is 5. The van der Waals surface area contributed by atoms with Gasteiger partial charge in [-0.25, -0.2) is 9.48 Å². The number of aromatic nitrogens is 5. The monoisotopic (exact) mass is 250 g/mol. The summed E-state index contributed by atoms with van der Waals surface area (Å²) in [5.74, 6) is -1.40. The Morgan fingerprint density at radius 2 is 2.33 bits per heavy atom. The SMILES string of the molecule is O=C(NCCn1cc(C(=O)O)nn1)c1cn[nH]c1. The number of hydrogen-bond donors (Lipinski definition) is 3. The van der Waals surface area contributed by atoms with Crippen molar-refractivity contribution < 1.29 is 14.7 Å². The molecular formula is C9H10N6O3. The first-order chi connectivity index (χ1) is 8.66. The molecule has 18 heavy (non-hydrogen) atoms. The molecule has 0 unspecified atom stereocenters. The van der Waals surface area contributed by atoms with Gasteiger partial charge in [-0.2, -0.15) is 5.10 Å². The van der Waals surface area contributed by atoms with Crippen LogP contribution >= 0.6 is 0 Å². The molecule has 0 spiro atoms. The minimum Gasteiger partial charge on any atom is -0.476 e. The Morgan fingerprint density at radius 3 is 2.94 bits per heavy atom. The second-order valence-electron chi connectivity index (χ2n) is 3.41. The number of carboxylic acid groups (broad SMARTS) is 1. The molecule has 9 nitrogen and oxygen atoms in total. The zero-order chi connectivity index (χ0) is 13.0. The zero-order valence-electron chi connectivity index (χ0n) is 9.20. The molecule has 2 heterocycles. The van der Waals surface area contributed by atoms with Gasteiger partial charge in [0.25, 0.3) is 5.91 Å². The predicted octanol–water partition coefficient (Wildman–Crippen LogP) is -0.871. The van der Waals surface area contributed by atoms with Crippen molar-refractivity contribution in [2.24, 2.45) is 0 Å². The van der Waals surface area contributed by atoms with E-state index in [4.69, 9.17) is 5.11 Å². The van der Waals surface area contributed by atoms with Crippen LogP contribution in [0.25, 0.3) is 0 Å². The fourth-order valence-electron chi connectivity index (χ4n) is 1.27. The summed E-state index contributed by atoms with van der Waals surface area (Å²) in [6, 6.07) is 0. The van der Waals surface area contributed by atoms with Crippen LogP contribution in [0.4, 0.5) is 0 Å². The first-order valence-corrected chi connectivity index (χ1v) is 5.07. The molecule has 0 saturated carbocycles. The van der Waals surface area contributed by atoms with Crippen LogP contribution in [-0.2, 0) is 6.54 Å². The van der Waals surface area contributed by atoms with E-state index in [9.17, 15) is 9.59 Å². The van der Waals surface area contributed by atoms with Gasteiger partial charge in [-0.1, -0.05) is 5.21 Å². The van der Waals surface area contributed by atoms with Crippen molar-refractivity contribution in [3.8, 4) is 0 Å². The minimum atomic E-state index is -1.14. The van der Waals surface area contributed by atoms with E-state index >= 15 is 0 Å². The first kappa shape index (κ1) is 11.8. The number of aromatic amines is 1. The van der Waals surface area contributed by atoms with Crippen molar-refractivity contribution in [1.82, 2.24) is 30.5 Å². The molecule has 94 valence electrons. The van der Waals surface area contributed by atoms with Crippen molar-refractivity contribution in [2.75, 3.05) is 6.54 Å². The normalized spacial score (nSPS) is 10.2. The first-order valence-electron chi connectivity index (χ1n) is 5.07. The molecule has 2 aromatic heterocycles. The quantitative estimate of drug-likeness (QED) is 0.633. The third-order valence-corrected chi connectivity index (χ3v) is 2.14.